The first-order valence-electron chi connectivity index (χ1n) is 26.4. The van der Waals surface area contributed by atoms with Gasteiger partial charge in [-0.05, 0) is 144 Å². The zero-order valence-electron chi connectivity index (χ0n) is 44.3. The molecule has 0 N–H and O–H groups in total. The van der Waals surface area contributed by atoms with Crippen molar-refractivity contribution >= 4 is 85.1 Å². The van der Waals surface area contributed by atoms with Gasteiger partial charge in [0.25, 0.3) is 6.71 Å². The Morgan fingerprint density at radius 2 is 0.770 bits per heavy atom. The van der Waals surface area contributed by atoms with E-state index in [9.17, 15) is 0 Å². The Bertz CT molecular complexity index is 3650. The number of nitrogens with zero attached hydrogens (tertiary/aromatic N) is 3. The van der Waals surface area contributed by atoms with Gasteiger partial charge >= 0.3 is 0 Å². The van der Waals surface area contributed by atoms with Gasteiger partial charge in [0.05, 0.1) is 11.4 Å². The van der Waals surface area contributed by atoms with Gasteiger partial charge in [0.1, 0.15) is 0 Å². The number of anilines is 9. The second kappa shape index (κ2) is 17.8. The Morgan fingerprint density at radius 3 is 1.31 bits per heavy atom. The summed E-state index contributed by atoms with van der Waals surface area (Å²) >= 11 is 0. The maximum absolute atomic E-state index is 2.60. The highest BCUT2D eigenvalue weighted by Crippen LogP contribution is 2.50. The van der Waals surface area contributed by atoms with Crippen LogP contribution in [0.1, 0.15) is 79.0 Å². The summed E-state index contributed by atoms with van der Waals surface area (Å²) in [6.07, 6.45) is 0. The first-order valence-corrected chi connectivity index (χ1v) is 26.4. The van der Waals surface area contributed by atoms with Crippen LogP contribution in [0.25, 0.3) is 33.0 Å². The maximum atomic E-state index is 2.60. The van der Waals surface area contributed by atoms with E-state index in [-0.39, 0.29) is 23.0 Å². The molecule has 0 aliphatic carbocycles. The van der Waals surface area contributed by atoms with Crippen molar-refractivity contribution in [3.63, 3.8) is 0 Å². The van der Waals surface area contributed by atoms with Crippen molar-refractivity contribution < 1.29 is 0 Å². The van der Waals surface area contributed by atoms with Crippen LogP contribution in [-0.4, -0.2) is 6.71 Å². The highest BCUT2D eigenvalue weighted by molar-refractivity contribution is 7.00. The molecule has 0 saturated carbocycles. The molecule has 0 unspecified atom stereocenters. The van der Waals surface area contributed by atoms with E-state index in [2.05, 4.69) is 301 Å². The van der Waals surface area contributed by atoms with Crippen molar-refractivity contribution in [3.8, 4) is 22.3 Å². The Balaban J connectivity index is 1.22. The summed E-state index contributed by atoms with van der Waals surface area (Å²) in [5.41, 5.74) is 22.7. The normalized spacial score (nSPS) is 13.1. The number of hydrogen-bond donors (Lipinski definition) is 0. The van der Waals surface area contributed by atoms with Crippen molar-refractivity contribution in [2.24, 2.45) is 0 Å². The number of benzene rings is 10. The Morgan fingerprint density at radius 1 is 0.324 bits per heavy atom. The molecule has 3 nitrogen and oxygen atoms in total. The molecule has 0 aromatic heterocycles. The second-order valence-corrected chi connectivity index (χ2v) is 23.5. The maximum Gasteiger partial charge on any atom is 0.252 e. The van der Waals surface area contributed by atoms with Crippen LogP contribution in [0.15, 0.2) is 224 Å². The van der Waals surface area contributed by atoms with Crippen molar-refractivity contribution in [1.29, 1.82) is 0 Å². The van der Waals surface area contributed by atoms with Crippen molar-refractivity contribution in [1.82, 2.24) is 0 Å². The standard InChI is InChI=1S/C70H64BN3/c1-68(2,3)52-33-37-55(38-34-52)73-63-39-35-53(69(4,5)6)43-60(63)71-61-44-54(70(7,8)9)36-40-64(61)74(62-32-20-26-49-25-16-17-31-59(49)62)66-46-58(45-65(73)67(66)71)72(56-29-18-27-50(41-56)47-21-12-10-13-22-47)57-30-19-28-51(42-57)48-23-14-11-15-24-48/h10-46H,1-9H3. The van der Waals surface area contributed by atoms with Crippen LogP contribution in [0.3, 0.4) is 0 Å². The number of rotatable bonds is 7. The molecule has 2 aliphatic heterocycles. The third-order valence-corrected chi connectivity index (χ3v) is 15.5. The summed E-state index contributed by atoms with van der Waals surface area (Å²) in [6, 6.07) is 84.4. The molecule has 74 heavy (non-hydrogen) atoms. The lowest BCUT2D eigenvalue weighted by atomic mass is 9.33. The van der Waals surface area contributed by atoms with Gasteiger partial charge in [0, 0.05) is 45.2 Å². The zero-order chi connectivity index (χ0) is 51.1. The van der Waals surface area contributed by atoms with Crippen LogP contribution < -0.4 is 31.1 Å². The fourth-order valence-corrected chi connectivity index (χ4v) is 11.5. The Kier molecular flexibility index (Phi) is 11.3. The van der Waals surface area contributed by atoms with E-state index >= 15 is 0 Å². The highest BCUT2D eigenvalue weighted by Gasteiger charge is 2.45. The summed E-state index contributed by atoms with van der Waals surface area (Å²) in [4.78, 5) is 7.66. The van der Waals surface area contributed by atoms with E-state index in [1.165, 1.54) is 77.7 Å². The first kappa shape index (κ1) is 47.0. The van der Waals surface area contributed by atoms with Gasteiger partial charge in [-0.1, -0.05) is 220 Å². The average Bonchev–Trinajstić information content (AvgIpc) is 3.40. The third kappa shape index (κ3) is 8.27. The van der Waals surface area contributed by atoms with Crippen LogP contribution in [0.4, 0.5) is 51.2 Å². The lowest BCUT2D eigenvalue weighted by Crippen LogP contribution is -2.61. The molecule has 0 radical (unpaired) electrons. The fraction of sp³-hybridized carbons (Fsp3) is 0.171. The van der Waals surface area contributed by atoms with Gasteiger partial charge in [0.15, 0.2) is 0 Å². The molecule has 0 atom stereocenters. The third-order valence-electron chi connectivity index (χ3n) is 15.5. The monoisotopic (exact) mass is 958 g/mol. The van der Waals surface area contributed by atoms with Crippen LogP contribution in [0, 0.1) is 0 Å². The first-order chi connectivity index (χ1) is 35.6. The number of hydrogen-bond acceptors (Lipinski definition) is 3. The predicted molar refractivity (Wildman–Crippen MR) is 320 cm³/mol. The summed E-state index contributed by atoms with van der Waals surface area (Å²) in [5.74, 6) is 0. The molecule has 2 heterocycles. The fourth-order valence-electron chi connectivity index (χ4n) is 11.5. The van der Waals surface area contributed by atoms with E-state index in [1.807, 2.05) is 0 Å². The van der Waals surface area contributed by atoms with Gasteiger partial charge in [-0.15, -0.1) is 0 Å². The van der Waals surface area contributed by atoms with Crippen molar-refractivity contribution in [2.75, 3.05) is 14.7 Å². The van der Waals surface area contributed by atoms with E-state index in [0.717, 1.165) is 39.6 Å². The second-order valence-electron chi connectivity index (χ2n) is 23.5. The Labute approximate surface area is 439 Å². The van der Waals surface area contributed by atoms with E-state index in [0.29, 0.717) is 0 Å². The molecule has 0 amide bonds. The highest BCUT2D eigenvalue weighted by atomic mass is 15.2. The Hall–Kier alpha value is -8.08. The van der Waals surface area contributed by atoms with Crippen LogP contribution in [-0.2, 0) is 16.2 Å². The number of fused-ring (bicyclic) bond motifs is 5. The molecular weight excluding hydrogens is 894 g/mol. The van der Waals surface area contributed by atoms with Gasteiger partial charge in [-0.25, -0.2) is 0 Å². The molecule has 4 heteroatoms. The molecule has 0 bridgehead atoms. The topological polar surface area (TPSA) is 9.72 Å². The van der Waals surface area contributed by atoms with Crippen molar-refractivity contribution in [3.05, 3.63) is 241 Å². The smallest absolute Gasteiger partial charge is 0.252 e. The average molecular weight is 958 g/mol. The molecule has 10 aromatic rings. The lowest BCUT2D eigenvalue weighted by molar-refractivity contribution is 0.590. The van der Waals surface area contributed by atoms with Gasteiger partial charge in [0.2, 0.25) is 0 Å². The summed E-state index contributed by atoms with van der Waals surface area (Å²) in [5, 5.41) is 2.42. The van der Waals surface area contributed by atoms with Gasteiger partial charge in [-0.3, -0.25) is 0 Å². The van der Waals surface area contributed by atoms with Crippen LogP contribution in [0.5, 0.6) is 0 Å². The van der Waals surface area contributed by atoms with Crippen molar-refractivity contribution in [2.45, 2.75) is 78.6 Å². The van der Waals surface area contributed by atoms with Crippen LogP contribution in [0.2, 0.25) is 0 Å². The summed E-state index contributed by atoms with van der Waals surface area (Å²) < 4.78 is 0. The minimum atomic E-state index is -0.0685. The molecule has 0 saturated heterocycles. The molecular formula is C70H64BN3. The minimum Gasteiger partial charge on any atom is -0.311 e. The van der Waals surface area contributed by atoms with Gasteiger partial charge < -0.3 is 14.7 Å². The molecule has 10 aromatic carbocycles. The van der Waals surface area contributed by atoms with E-state index in [1.54, 1.807) is 0 Å². The predicted octanol–water partition coefficient (Wildman–Crippen LogP) is 17.6. The molecule has 0 fully saturated rings. The van der Waals surface area contributed by atoms with Crippen LogP contribution >= 0.6 is 0 Å². The largest absolute Gasteiger partial charge is 0.311 e. The zero-order valence-corrected chi connectivity index (χ0v) is 44.3. The van der Waals surface area contributed by atoms with E-state index in [4.69, 9.17) is 0 Å². The summed E-state index contributed by atoms with van der Waals surface area (Å²) in [6.45, 7) is 20.9. The molecule has 2 aliphatic rings. The molecule has 12 rings (SSSR count). The molecule has 0 spiro atoms. The SMILES string of the molecule is CC(C)(C)c1ccc(N2c3ccc(C(C)(C)C)cc3B3c4cc(C(C)(C)C)ccc4N(c4cccc5ccccc45)c4cc(N(c5cccc(-c6ccccc6)c5)c5cccc(-c6ccccc6)c5)cc2c43)cc1. The van der Waals surface area contributed by atoms with E-state index < -0.39 is 0 Å². The summed E-state index contributed by atoms with van der Waals surface area (Å²) in [7, 11) is 0. The quantitative estimate of drug-likeness (QED) is 0.147. The molecule has 362 valence electrons. The minimum absolute atomic E-state index is 0.000623. The van der Waals surface area contributed by atoms with Gasteiger partial charge in [-0.2, -0.15) is 0 Å². The lowest BCUT2D eigenvalue weighted by Gasteiger charge is -2.46.